The van der Waals surface area contributed by atoms with Crippen LogP contribution in [0.4, 0.5) is 5.69 Å². The highest BCUT2D eigenvalue weighted by atomic mass is 32.2. The molecule has 2 amide bonds. The highest BCUT2D eigenvalue weighted by molar-refractivity contribution is 7.99. The first-order chi connectivity index (χ1) is 13.2. The Hall–Kier alpha value is -1.53. The van der Waals surface area contributed by atoms with Gasteiger partial charge in [0.05, 0.1) is 11.8 Å². The molecule has 0 aromatic heterocycles. The average molecular weight is 388 g/mol. The number of hydrogen-bond donors (Lipinski definition) is 2. The van der Waals surface area contributed by atoms with E-state index in [9.17, 15) is 9.59 Å². The zero-order valence-electron chi connectivity index (χ0n) is 15.8. The van der Waals surface area contributed by atoms with Crippen LogP contribution < -0.4 is 10.6 Å². The molecule has 2 aliphatic heterocycles. The van der Waals surface area contributed by atoms with Gasteiger partial charge < -0.3 is 15.5 Å². The summed E-state index contributed by atoms with van der Waals surface area (Å²) in [6, 6.07) is 7.80. The van der Waals surface area contributed by atoms with E-state index in [2.05, 4.69) is 10.6 Å². The summed E-state index contributed by atoms with van der Waals surface area (Å²) in [5.74, 6) is 2.90. The van der Waals surface area contributed by atoms with Crippen LogP contribution in [0.25, 0.3) is 0 Å². The van der Waals surface area contributed by atoms with Crippen LogP contribution in [0.2, 0.25) is 0 Å². The number of rotatable bonds is 4. The fourth-order valence-corrected chi connectivity index (χ4v) is 5.65. The molecule has 1 saturated carbocycles. The summed E-state index contributed by atoms with van der Waals surface area (Å²) in [5.41, 5.74) is 1.60. The minimum absolute atomic E-state index is 0.159. The lowest BCUT2D eigenvalue weighted by Gasteiger charge is -2.37. The van der Waals surface area contributed by atoms with Crippen molar-refractivity contribution in [1.82, 2.24) is 10.2 Å². The molecule has 3 aliphatic rings. The Morgan fingerprint density at radius 1 is 1.19 bits per heavy atom. The van der Waals surface area contributed by atoms with Gasteiger partial charge in [-0.25, -0.2) is 0 Å². The van der Waals surface area contributed by atoms with Gasteiger partial charge in [-0.3, -0.25) is 9.59 Å². The Morgan fingerprint density at radius 2 is 1.96 bits per heavy atom. The lowest BCUT2D eigenvalue weighted by molar-refractivity contribution is -0.130. The van der Waals surface area contributed by atoms with E-state index >= 15 is 0 Å². The molecule has 1 aromatic rings. The number of hydrogen-bond acceptors (Lipinski definition) is 4. The molecule has 27 heavy (non-hydrogen) atoms. The molecule has 0 unspecified atom stereocenters. The predicted octanol–water partition coefficient (Wildman–Crippen LogP) is 2.52. The Kier molecular flexibility index (Phi) is 5.74. The number of fused-ring (bicyclic) bond motifs is 1. The minimum atomic E-state index is -0.237. The summed E-state index contributed by atoms with van der Waals surface area (Å²) in [6.07, 6.45) is 4.95. The third kappa shape index (κ3) is 4.02. The summed E-state index contributed by atoms with van der Waals surface area (Å²) in [4.78, 5) is 27.4. The SMILES string of the molecule is O=C(Cc1ccc(NC(=O)[C@@]23CCCC[C@H]2CNC3)cc1)N1CCSCC1. The molecule has 2 heterocycles. The van der Waals surface area contributed by atoms with Gasteiger partial charge >= 0.3 is 0 Å². The van der Waals surface area contributed by atoms with Crippen LogP contribution >= 0.6 is 11.8 Å². The van der Waals surface area contributed by atoms with Crippen molar-refractivity contribution in [2.45, 2.75) is 32.1 Å². The van der Waals surface area contributed by atoms with E-state index < -0.39 is 0 Å². The molecule has 3 fully saturated rings. The lowest BCUT2D eigenvalue weighted by atomic mass is 9.67. The van der Waals surface area contributed by atoms with Crippen LogP contribution in [0, 0.1) is 11.3 Å². The van der Waals surface area contributed by atoms with Crippen LogP contribution in [0.3, 0.4) is 0 Å². The Bertz CT molecular complexity index is 687. The molecule has 6 heteroatoms. The van der Waals surface area contributed by atoms with Gasteiger partial charge in [0.25, 0.3) is 0 Å². The van der Waals surface area contributed by atoms with Gasteiger partial charge in [-0.1, -0.05) is 25.0 Å². The molecule has 1 aromatic carbocycles. The van der Waals surface area contributed by atoms with Gasteiger partial charge in [-0.05, 0) is 43.0 Å². The van der Waals surface area contributed by atoms with Crippen LogP contribution in [0.5, 0.6) is 0 Å². The zero-order chi connectivity index (χ0) is 18.7. The van der Waals surface area contributed by atoms with E-state index in [-0.39, 0.29) is 17.2 Å². The fraction of sp³-hybridized carbons (Fsp3) is 0.619. The second kappa shape index (κ2) is 8.23. The smallest absolute Gasteiger partial charge is 0.232 e. The number of nitrogens with one attached hydrogen (secondary N) is 2. The van der Waals surface area contributed by atoms with Crippen molar-refractivity contribution >= 4 is 29.3 Å². The van der Waals surface area contributed by atoms with Gasteiger partial charge in [-0.2, -0.15) is 11.8 Å². The number of thioether (sulfide) groups is 1. The van der Waals surface area contributed by atoms with Crippen LogP contribution in [-0.4, -0.2) is 54.4 Å². The third-order valence-electron chi connectivity index (χ3n) is 6.42. The first-order valence-electron chi connectivity index (χ1n) is 10.1. The minimum Gasteiger partial charge on any atom is -0.341 e. The molecule has 1 aliphatic carbocycles. The van der Waals surface area contributed by atoms with E-state index in [1.165, 1.54) is 6.42 Å². The van der Waals surface area contributed by atoms with Crippen LogP contribution in [0.15, 0.2) is 24.3 Å². The zero-order valence-corrected chi connectivity index (χ0v) is 16.7. The first-order valence-corrected chi connectivity index (χ1v) is 11.3. The van der Waals surface area contributed by atoms with E-state index in [0.29, 0.717) is 12.3 Å². The van der Waals surface area contributed by atoms with E-state index in [4.69, 9.17) is 0 Å². The molecule has 146 valence electrons. The van der Waals surface area contributed by atoms with Gasteiger partial charge in [-0.15, -0.1) is 0 Å². The topological polar surface area (TPSA) is 61.4 Å². The molecule has 0 radical (unpaired) electrons. The maximum absolute atomic E-state index is 13.0. The third-order valence-corrected chi connectivity index (χ3v) is 7.36. The average Bonchev–Trinajstić information content (AvgIpc) is 3.15. The Labute approximate surface area is 165 Å². The molecule has 5 nitrogen and oxygen atoms in total. The summed E-state index contributed by atoms with van der Waals surface area (Å²) in [5, 5.41) is 6.57. The second-order valence-corrected chi connectivity index (χ2v) is 9.28. The molecular formula is C21H29N3O2S. The van der Waals surface area contributed by atoms with E-state index in [1.54, 1.807) is 0 Å². The monoisotopic (exact) mass is 387 g/mol. The molecule has 2 saturated heterocycles. The normalized spacial score (nSPS) is 27.9. The maximum atomic E-state index is 13.0. The van der Waals surface area contributed by atoms with Crippen LogP contribution in [0.1, 0.15) is 31.2 Å². The number of carbonyl (C=O) groups is 2. The van der Waals surface area contributed by atoms with Gasteiger partial charge in [0.1, 0.15) is 0 Å². The molecule has 0 spiro atoms. The van der Waals surface area contributed by atoms with Crippen molar-refractivity contribution < 1.29 is 9.59 Å². The number of nitrogens with zero attached hydrogens (tertiary/aromatic N) is 1. The van der Waals surface area contributed by atoms with Crippen molar-refractivity contribution in [3.05, 3.63) is 29.8 Å². The summed E-state index contributed by atoms with van der Waals surface area (Å²) >= 11 is 1.91. The number of anilines is 1. The number of amides is 2. The van der Waals surface area contributed by atoms with Crippen molar-refractivity contribution in [2.75, 3.05) is 43.0 Å². The van der Waals surface area contributed by atoms with Crippen molar-refractivity contribution in [3.8, 4) is 0 Å². The quantitative estimate of drug-likeness (QED) is 0.833. The predicted molar refractivity (Wildman–Crippen MR) is 110 cm³/mol. The molecule has 2 atom stereocenters. The molecular weight excluding hydrogens is 358 g/mol. The van der Waals surface area contributed by atoms with Gasteiger partial charge in [0.2, 0.25) is 11.8 Å². The van der Waals surface area contributed by atoms with Gasteiger partial charge in [0, 0.05) is 36.8 Å². The summed E-state index contributed by atoms with van der Waals surface area (Å²) < 4.78 is 0. The number of benzene rings is 1. The largest absolute Gasteiger partial charge is 0.341 e. The fourth-order valence-electron chi connectivity index (χ4n) is 4.75. The first kappa shape index (κ1) is 18.8. The Morgan fingerprint density at radius 3 is 2.74 bits per heavy atom. The van der Waals surface area contributed by atoms with Gasteiger partial charge in [0.15, 0.2) is 0 Å². The Balaban J connectivity index is 1.36. The second-order valence-electron chi connectivity index (χ2n) is 8.05. The van der Waals surface area contributed by atoms with Crippen molar-refractivity contribution in [1.29, 1.82) is 0 Å². The summed E-state index contributed by atoms with van der Waals surface area (Å²) in [6.45, 7) is 3.47. The number of carbonyl (C=O) groups excluding carboxylic acids is 2. The highest BCUT2D eigenvalue weighted by Gasteiger charge is 2.49. The lowest BCUT2D eigenvalue weighted by Crippen LogP contribution is -2.44. The maximum Gasteiger partial charge on any atom is 0.232 e. The van der Waals surface area contributed by atoms with Crippen LogP contribution in [-0.2, 0) is 16.0 Å². The summed E-state index contributed by atoms with van der Waals surface area (Å²) in [7, 11) is 0. The van der Waals surface area contributed by atoms with Crippen molar-refractivity contribution in [3.63, 3.8) is 0 Å². The highest BCUT2D eigenvalue weighted by Crippen LogP contribution is 2.44. The molecule has 4 rings (SSSR count). The standard InChI is InChI=1S/C21H29N3O2S/c25-19(24-9-11-27-12-10-24)13-16-4-6-18(7-5-16)23-20(26)21-8-2-1-3-17(21)14-22-15-21/h4-7,17,22H,1-3,8-15H2,(H,23,26)/t17-,21+/m0/s1. The molecule has 2 N–H and O–H groups in total. The van der Waals surface area contributed by atoms with E-state index in [1.807, 2.05) is 40.9 Å². The van der Waals surface area contributed by atoms with E-state index in [0.717, 1.165) is 68.2 Å². The van der Waals surface area contributed by atoms with Crippen molar-refractivity contribution in [2.24, 2.45) is 11.3 Å². The molecule has 0 bridgehead atoms.